The molecule has 172 valence electrons. The quantitative estimate of drug-likeness (QED) is 0.385. The predicted molar refractivity (Wildman–Crippen MR) is 122 cm³/mol. The Hall–Kier alpha value is -2.77. The number of halogens is 2. The van der Waals surface area contributed by atoms with Crippen molar-refractivity contribution >= 4 is 16.8 Å². The lowest BCUT2D eigenvalue weighted by molar-refractivity contribution is -0.120. The zero-order valence-corrected chi connectivity index (χ0v) is 18.7. The molecule has 2 atom stereocenters. The molecule has 0 saturated heterocycles. The molecule has 0 aliphatic carbocycles. The number of aromatic nitrogens is 1. The first kappa shape index (κ1) is 23.9. The first-order valence-electron chi connectivity index (χ1n) is 10.9. The second-order valence-electron chi connectivity index (χ2n) is 8.78. The molecule has 5 nitrogen and oxygen atoms in total. The Morgan fingerprint density at radius 3 is 2.41 bits per heavy atom. The minimum Gasteiger partial charge on any atom is -0.390 e. The number of rotatable bonds is 10. The number of hydrogen-bond acceptors (Lipinski definition) is 3. The van der Waals surface area contributed by atoms with Gasteiger partial charge in [0.15, 0.2) is 0 Å². The van der Waals surface area contributed by atoms with Crippen molar-refractivity contribution in [1.29, 1.82) is 0 Å². The zero-order chi connectivity index (χ0) is 23.3. The van der Waals surface area contributed by atoms with Crippen LogP contribution in [0.1, 0.15) is 37.5 Å². The van der Waals surface area contributed by atoms with Crippen LogP contribution < -0.4 is 10.6 Å². The van der Waals surface area contributed by atoms with Crippen LogP contribution in [0.5, 0.6) is 0 Å². The summed E-state index contributed by atoms with van der Waals surface area (Å²) in [4.78, 5) is 14.9. The molecule has 0 fully saturated rings. The number of aliphatic hydroxyl groups excluding tert-OH is 1. The van der Waals surface area contributed by atoms with Crippen LogP contribution in [-0.2, 0) is 24.2 Å². The molecule has 0 spiro atoms. The van der Waals surface area contributed by atoms with Crippen molar-refractivity contribution < 1.29 is 18.7 Å². The van der Waals surface area contributed by atoms with Gasteiger partial charge in [0.25, 0.3) is 0 Å². The molecule has 4 N–H and O–H groups in total. The largest absolute Gasteiger partial charge is 0.390 e. The first-order valence-corrected chi connectivity index (χ1v) is 10.9. The Bertz CT molecular complexity index is 1040. The highest BCUT2D eigenvalue weighted by Crippen LogP contribution is 2.22. The average Bonchev–Trinajstić information content (AvgIpc) is 3.14. The van der Waals surface area contributed by atoms with Crippen molar-refractivity contribution in [1.82, 2.24) is 15.6 Å². The number of fused-ring (bicyclic) bond motifs is 1. The minimum absolute atomic E-state index is 0.113. The van der Waals surface area contributed by atoms with Crippen molar-refractivity contribution in [2.24, 2.45) is 5.92 Å². The van der Waals surface area contributed by atoms with E-state index >= 15 is 0 Å². The normalized spacial score (nSPS) is 13.5. The van der Waals surface area contributed by atoms with Crippen LogP contribution >= 0.6 is 0 Å². The highest BCUT2D eigenvalue weighted by Gasteiger charge is 2.21. The molecule has 7 heteroatoms. The molecule has 0 radical (unpaired) electrons. The van der Waals surface area contributed by atoms with Crippen LogP contribution in [0.3, 0.4) is 0 Å². The van der Waals surface area contributed by atoms with Crippen LogP contribution in [0.2, 0.25) is 0 Å². The van der Waals surface area contributed by atoms with Crippen molar-refractivity contribution in [2.75, 3.05) is 6.54 Å². The summed E-state index contributed by atoms with van der Waals surface area (Å²) in [5.41, 5.74) is 3.77. The summed E-state index contributed by atoms with van der Waals surface area (Å²) in [6, 6.07) is 8.93. The minimum atomic E-state index is -0.941. The lowest BCUT2D eigenvalue weighted by Crippen LogP contribution is -2.48. The third kappa shape index (κ3) is 6.61. The lowest BCUT2D eigenvalue weighted by atomic mass is 9.98. The van der Waals surface area contributed by atoms with E-state index < -0.39 is 23.8 Å². The van der Waals surface area contributed by atoms with Gasteiger partial charge in [0.05, 0.1) is 12.1 Å². The molecule has 1 aromatic heterocycles. The Morgan fingerprint density at radius 2 is 1.75 bits per heavy atom. The molecule has 1 amide bonds. The van der Waals surface area contributed by atoms with Gasteiger partial charge in [0.1, 0.15) is 11.6 Å². The summed E-state index contributed by atoms with van der Waals surface area (Å²) in [6.07, 6.45) is 2.06. The fraction of sp³-hybridized carbons (Fsp3) is 0.400. The summed E-state index contributed by atoms with van der Waals surface area (Å²) in [5, 5.41) is 17.8. The molecule has 0 bridgehead atoms. The highest BCUT2D eigenvalue weighted by molar-refractivity contribution is 5.83. The SMILES string of the molecule is CC(=O)N[C@@H](Cc1cc(F)cc(F)c1)[C@H](O)CNCc1cc(CC(C)C)cc2cc[nH]c12. The van der Waals surface area contributed by atoms with E-state index in [1.807, 2.05) is 12.3 Å². The Labute approximate surface area is 187 Å². The Morgan fingerprint density at radius 1 is 1.06 bits per heavy atom. The lowest BCUT2D eigenvalue weighted by Gasteiger charge is -2.24. The molecule has 0 aliphatic rings. The van der Waals surface area contributed by atoms with Gasteiger partial charge in [-0.05, 0) is 65.1 Å². The van der Waals surface area contributed by atoms with Gasteiger partial charge < -0.3 is 20.7 Å². The predicted octanol–water partition coefficient (Wildman–Crippen LogP) is 3.84. The molecular weight excluding hydrogens is 412 g/mol. The number of H-pyrrole nitrogens is 1. The number of hydrogen-bond donors (Lipinski definition) is 4. The molecule has 0 unspecified atom stereocenters. The monoisotopic (exact) mass is 443 g/mol. The fourth-order valence-corrected chi connectivity index (χ4v) is 4.07. The second kappa shape index (κ2) is 10.7. The third-order valence-electron chi connectivity index (χ3n) is 5.34. The summed E-state index contributed by atoms with van der Waals surface area (Å²) in [5.74, 6) is -1.16. The molecule has 1 heterocycles. The average molecular weight is 444 g/mol. The van der Waals surface area contributed by atoms with Crippen LogP contribution in [0, 0.1) is 17.6 Å². The molecule has 3 rings (SSSR count). The van der Waals surface area contributed by atoms with E-state index in [4.69, 9.17) is 0 Å². The molecular formula is C25H31F2N3O2. The summed E-state index contributed by atoms with van der Waals surface area (Å²) < 4.78 is 27.1. The van der Waals surface area contributed by atoms with Gasteiger partial charge in [0, 0.05) is 37.8 Å². The molecule has 32 heavy (non-hydrogen) atoms. The highest BCUT2D eigenvalue weighted by atomic mass is 19.1. The van der Waals surface area contributed by atoms with Gasteiger partial charge in [-0.1, -0.05) is 19.9 Å². The number of aliphatic hydroxyl groups is 1. The van der Waals surface area contributed by atoms with Gasteiger partial charge in [-0.2, -0.15) is 0 Å². The maximum atomic E-state index is 13.5. The van der Waals surface area contributed by atoms with E-state index in [1.165, 1.54) is 24.6 Å². The third-order valence-corrected chi connectivity index (χ3v) is 5.34. The Balaban J connectivity index is 1.67. The molecule has 0 aliphatic heterocycles. The van der Waals surface area contributed by atoms with E-state index in [-0.39, 0.29) is 18.9 Å². The van der Waals surface area contributed by atoms with E-state index in [0.29, 0.717) is 18.0 Å². The topological polar surface area (TPSA) is 77.2 Å². The number of carbonyl (C=O) groups excluding carboxylic acids is 1. The van der Waals surface area contributed by atoms with E-state index in [0.717, 1.165) is 29.0 Å². The van der Waals surface area contributed by atoms with E-state index in [2.05, 4.69) is 41.6 Å². The van der Waals surface area contributed by atoms with Crippen LogP contribution in [-0.4, -0.2) is 34.7 Å². The maximum absolute atomic E-state index is 13.5. The number of amides is 1. The summed E-state index contributed by atoms with van der Waals surface area (Å²) in [7, 11) is 0. The van der Waals surface area contributed by atoms with E-state index in [9.17, 15) is 18.7 Å². The first-order chi connectivity index (χ1) is 15.2. The summed E-state index contributed by atoms with van der Waals surface area (Å²) in [6.45, 7) is 6.45. The van der Waals surface area contributed by atoms with Crippen molar-refractivity contribution in [3.8, 4) is 0 Å². The smallest absolute Gasteiger partial charge is 0.217 e. The van der Waals surface area contributed by atoms with Gasteiger partial charge >= 0.3 is 0 Å². The van der Waals surface area contributed by atoms with Gasteiger partial charge in [-0.25, -0.2) is 8.78 Å². The fourth-order valence-electron chi connectivity index (χ4n) is 4.07. The van der Waals surface area contributed by atoms with Crippen molar-refractivity contribution in [3.63, 3.8) is 0 Å². The standard InChI is InChI=1S/C25H31F2N3O2/c1-15(2)6-17-7-19-4-5-29-25(19)20(8-17)13-28-14-24(32)23(30-16(3)31)11-18-9-21(26)12-22(27)10-18/h4-5,7-10,12,15,23-24,28-29,32H,6,11,13-14H2,1-3H3,(H,30,31)/t23-,24+/m0/s1. The molecule has 2 aromatic carbocycles. The number of aromatic amines is 1. The summed E-state index contributed by atoms with van der Waals surface area (Å²) >= 11 is 0. The van der Waals surface area contributed by atoms with Crippen LogP contribution in [0.15, 0.2) is 42.6 Å². The van der Waals surface area contributed by atoms with Crippen molar-refractivity contribution in [3.05, 3.63) is 70.9 Å². The van der Waals surface area contributed by atoms with Crippen LogP contribution in [0.25, 0.3) is 10.9 Å². The Kier molecular flexibility index (Phi) is 7.99. The van der Waals surface area contributed by atoms with Crippen LogP contribution in [0.4, 0.5) is 8.78 Å². The van der Waals surface area contributed by atoms with Gasteiger partial charge in [-0.3, -0.25) is 4.79 Å². The zero-order valence-electron chi connectivity index (χ0n) is 18.7. The number of nitrogens with one attached hydrogen (secondary N) is 3. The molecule has 0 saturated carbocycles. The number of benzene rings is 2. The van der Waals surface area contributed by atoms with Gasteiger partial charge in [0.2, 0.25) is 5.91 Å². The second-order valence-corrected chi connectivity index (χ2v) is 8.78. The maximum Gasteiger partial charge on any atom is 0.217 e. The van der Waals surface area contributed by atoms with E-state index in [1.54, 1.807) is 0 Å². The van der Waals surface area contributed by atoms with Gasteiger partial charge in [-0.15, -0.1) is 0 Å². The van der Waals surface area contributed by atoms with Crippen molar-refractivity contribution in [2.45, 2.75) is 52.3 Å². The molecule has 3 aromatic rings. The number of carbonyl (C=O) groups is 1.